The molecule has 1 aliphatic heterocycles. The van der Waals surface area contributed by atoms with Gasteiger partial charge >= 0.3 is 5.97 Å². The molecule has 0 unspecified atom stereocenters. The molecule has 3 rings (SSSR count). The number of fused-ring (bicyclic) bond motifs is 1. The number of nitriles is 1. The molecule has 1 aliphatic rings. The minimum atomic E-state index is -1.87. The van der Waals surface area contributed by atoms with E-state index in [-0.39, 0.29) is 18.7 Å². The molecule has 1 fully saturated rings. The lowest BCUT2D eigenvalue weighted by atomic mass is 9.92. The van der Waals surface area contributed by atoms with Crippen LogP contribution in [0.15, 0.2) is 24.4 Å². The Labute approximate surface area is 149 Å². The van der Waals surface area contributed by atoms with E-state index in [4.69, 9.17) is 15.2 Å². The lowest BCUT2D eigenvalue weighted by molar-refractivity contribution is -0.150. The maximum absolute atomic E-state index is 11.5. The van der Waals surface area contributed by atoms with E-state index in [2.05, 4.69) is 5.10 Å². The molecule has 0 aliphatic carbocycles. The number of nitrogens with two attached hydrogens (primary N) is 1. The number of anilines is 1. The van der Waals surface area contributed by atoms with Crippen molar-refractivity contribution in [1.29, 1.82) is 5.26 Å². The molecule has 138 valence electrons. The number of hydrogen-bond acceptors (Lipinski definition) is 8. The van der Waals surface area contributed by atoms with Gasteiger partial charge in [-0.25, -0.2) is 4.52 Å². The Kier molecular flexibility index (Phi) is 4.82. The van der Waals surface area contributed by atoms with Crippen molar-refractivity contribution in [2.24, 2.45) is 0 Å². The van der Waals surface area contributed by atoms with Gasteiger partial charge in [0.15, 0.2) is 0 Å². The summed E-state index contributed by atoms with van der Waals surface area (Å²) in [7, 11) is 0. The Balaban J connectivity index is 1.92. The van der Waals surface area contributed by atoms with Crippen molar-refractivity contribution in [3.05, 3.63) is 30.1 Å². The Morgan fingerprint density at radius 1 is 1.50 bits per heavy atom. The zero-order valence-corrected chi connectivity index (χ0v) is 14.2. The minimum absolute atomic E-state index is 0.233. The van der Waals surface area contributed by atoms with Gasteiger partial charge in [-0.05, 0) is 24.6 Å². The highest BCUT2D eigenvalue weighted by Crippen LogP contribution is 2.40. The highest BCUT2D eigenvalue weighted by Gasteiger charge is 2.57. The lowest BCUT2D eigenvalue weighted by Gasteiger charge is -2.24. The minimum Gasteiger partial charge on any atom is -0.463 e. The molecule has 2 aromatic heterocycles. The number of ether oxygens (including phenoxy) is 2. The predicted molar refractivity (Wildman–Crippen MR) is 89.6 cm³/mol. The van der Waals surface area contributed by atoms with E-state index >= 15 is 0 Å². The summed E-state index contributed by atoms with van der Waals surface area (Å²) in [5, 5.41) is 34.8. The Morgan fingerprint density at radius 2 is 2.27 bits per heavy atom. The summed E-state index contributed by atoms with van der Waals surface area (Å²) in [6.45, 7) is 1.57. The number of hydrogen-bond donors (Lipinski definition) is 3. The third-order valence-electron chi connectivity index (χ3n) is 4.45. The Hall–Kier alpha value is -2.67. The summed E-state index contributed by atoms with van der Waals surface area (Å²) in [6, 6.07) is 6.75. The lowest BCUT2D eigenvalue weighted by Crippen LogP contribution is -2.41. The van der Waals surface area contributed by atoms with Crippen LogP contribution in [0.1, 0.15) is 25.5 Å². The molecule has 3 heterocycles. The van der Waals surface area contributed by atoms with E-state index < -0.39 is 29.9 Å². The van der Waals surface area contributed by atoms with Crippen molar-refractivity contribution in [2.45, 2.75) is 43.7 Å². The monoisotopic (exact) mass is 360 g/mol. The second-order valence-corrected chi connectivity index (χ2v) is 6.17. The van der Waals surface area contributed by atoms with E-state index in [1.807, 2.05) is 13.0 Å². The van der Waals surface area contributed by atoms with Crippen molar-refractivity contribution in [1.82, 2.24) is 9.61 Å². The maximum atomic E-state index is 11.5. The van der Waals surface area contributed by atoms with Crippen LogP contribution in [0, 0.1) is 11.3 Å². The van der Waals surface area contributed by atoms with Crippen LogP contribution in [-0.4, -0.2) is 50.7 Å². The number of rotatable bonds is 5. The fraction of sp³-hybridized carbons (Fsp3) is 0.471. The standard InChI is InChI=1S/C17H20N4O5/c1-2-3-14(22)25-8-12-15(23)16(24)17(9-18,26-12)13-5-4-11-10(19)6-7-20-21(11)13/h4-7,12,15-16,23-24H,2-3,8,19H2,1H3/t12-,15-,16-,17+/m1/s1. The summed E-state index contributed by atoms with van der Waals surface area (Å²) >= 11 is 0. The van der Waals surface area contributed by atoms with E-state index in [1.165, 1.54) is 10.7 Å². The average Bonchev–Trinajstić information content (AvgIpc) is 3.16. The number of nitrogens with zero attached hydrogens (tertiary/aromatic N) is 3. The molecule has 0 saturated carbocycles. The first-order valence-corrected chi connectivity index (χ1v) is 8.28. The van der Waals surface area contributed by atoms with Gasteiger partial charge in [0.2, 0.25) is 5.60 Å². The average molecular weight is 360 g/mol. The van der Waals surface area contributed by atoms with Crippen molar-refractivity contribution in [2.75, 3.05) is 12.3 Å². The van der Waals surface area contributed by atoms with Crippen LogP contribution in [0.3, 0.4) is 0 Å². The Bertz CT molecular complexity index is 860. The van der Waals surface area contributed by atoms with Crippen molar-refractivity contribution < 1.29 is 24.5 Å². The second kappa shape index (κ2) is 6.92. The van der Waals surface area contributed by atoms with Gasteiger partial charge in [0.05, 0.1) is 16.9 Å². The SMILES string of the molecule is CCCC(=O)OC[C@H]1O[C@@](C#N)(c2ccc3c(N)ccnn23)[C@H](O)[C@@H]1O. The number of carbonyl (C=O) groups excluding carboxylic acids is 1. The third-order valence-corrected chi connectivity index (χ3v) is 4.45. The molecular formula is C17H20N4O5. The molecule has 4 atom stereocenters. The quantitative estimate of drug-likeness (QED) is 0.637. The van der Waals surface area contributed by atoms with Gasteiger partial charge < -0.3 is 25.4 Å². The number of esters is 1. The first kappa shape index (κ1) is 18.1. The summed E-state index contributed by atoms with van der Waals surface area (Å²) in [6.07, 6.45) is -1.68. The molecule has 26 heavy (non-hydrogen) atoms. The molecule has 4 N–H and O–H groups in total. The van der Waals surface area contributed by atoms with Crippen molar-refractivity contribution in [3.63, 3.8) is 0 Å². The largest absolute Gasteiger partial charge is 0.463 e. The molecule has 0 spiro atoms. The molecule has 0 amide bonds. The van der Waals surface area contributed by atoms with Gasteiger partial charge in [-0.1, -0.05) is 6.92 Å². The normalized spacial score (nSPS) is 28.2. The number of aromatic nitrogens is 2. The molecule has 9 heteroatoms. The van der Waals surface area contributed by atoms with Crippen LogP contribution in [0.2, 0.25) is 0 Å². The first-order chi connectivity index (χ1) is 12.4. The maximum Gasteiger partial charge on any atom is 0.305 e. The first-order valence-electron chi connectivity index (χ1n) is 8.28. The number of aliphatic hydroxyl groups excluding tert-OH is 2. The highest BCUT2D eigenvalue weighted by atomic mass is 16.6. The van der Waals surface area contributed by atoms with Crippen LogP contribution in [-0.2, 0) is 19.9 Å². The third kappa shape index (κ3) is 2.78. The molecular weight excluding hydrogens is 340 g/mol. The van der Waals surface area contributed by atoms with Crippen molar-refractivity contribution >= 4 is 17.2 Å². The summed E-state index contributed by atoms with van der Waals surface area (Å²) in [4.78, 5) is 11.5. The molecule has 1 saturated heterocycles. The van der Waals surface area contributed by atoms with Gasteiger partial charge in [-0.2, -0.15) is 10.4 Å². The molecule has 2 aromatic rings. The van der Waals surface area contributed by atoms with Gasteiger partial charge in [0.25, 0.3) is 0 Å². The van der Waals surface area contributed by atoms with Crippen LogP contribution in [0.25, 0.3) is 5.52 Å². The van der Waals surface area contributed by atoms with E-state index in [0.717, 1.165) is 0 Å². The Morgan fingerprint density at radius 3 is 2.96 bits per heavy atom. The van der Waals surface area contributed by atoms with Gasteiger partial charge in [-0.3, -0.25) is 4.79 Å². The second-order valence-electron chi connectivity index (χ2n) is 6.17. The zero-order valence-electron chi connectivity index (χ0n) is 14.2. The van der Waals surface area contributed by atoms with E-state index in [9.17, 15) is 20.3 Å². The van der Waals surface area contributed by atoms with E-state index in [1.54, 1.807) is 18.2 Å². The number of nitrogen functional groups attached to an aromatic ring is 1. The molecule has 0 bridgehead atoms. The van der Waals surface area contributed by atoms with E-state index in [0.29, 0.717) is 17.6 Å². The van der Waals surface area contributed by atoms with Crippen LogP contribution in [0.5, 0.6) is 0 Å². The van der Waals surface area contributed by atoms with Gasteiger partial charge in [-0.15, -0.1) is 0 Å². The van der Waals surface area contributed by atoms with Gasteiger partial charge in [0, 0.05) is 12.6 Å². The molecule has 0 radical (unpaired) electrons. The smallest absolute Gasteiger partial charge is 0.305 e. The van der Waals surface area contributed by atoms with Crippen molar-refractivity contribution in [3.8, 4) is 6.07 Å². The number of carbonyl (C=O) groups is 1. The van der Waals surface area contributed by atoms with Gasteiger partial charge in [0.1, 0.15) is 31.0 Å². The summed E-state index contributed by atoms with van der Waals surface area (Å²) < 4.78 is 12.2. The predicted octanol–water partition coefficient (Wildman–Crippen LogP) is 0.0993. The molecule has 0 aromatic carbocycles. The number of aliphatic hydroxyl groups is 2. The zero-order chi connectivity index (χ0) is 18.9. The topological polar surface area (TPSA) is 143 Å². The van der Waals surface area contributed by atoms with Crippen LogP contribution in [0.4, 0.5) is 5.69 Å². The summed E-state index contributed by atoms with van der Waals surface area (Å²) in [5.74, 6) is -0.435. The fourth-order valence-electron chi connectivity index (χ4n) is 3.09. The summed E-state index contributed by atoms with van der Waals surface area (Å²) in [5.41, 5.74) is 5.25. The molecule has 9 nitrogen and oxygen atoms in total. The van der Waals surface area contributed by atoms with Crippen LogP contribution < -0.4 is 5.73 Å². The highest BCUT2D eigenvalue weighted by molar-refractivity contribution is 5.70. The fourth-order valence-corrected chi connectivity index (χ4v) is 3.09. The van der Waals surface area contributed by atoms with Crippen LogP contribution >= 0.6 is 0 Å².